The molecule has 0 aliphatic rings. The summed E-state index contributed by atoms with van der Waals surface area (Å²) in [5.41, 5.74) is 1.81. The van der Waals surface area contributed by atoms with E-state index >= 15 is 0 Å². The smallest absolute Gasteiger partial charge is 0.0991 e. The molecule has 16 heavy (non-hydrogen) atoms. The van der Waals surface area contributed by atoms with Gasteiger partial charge in [-0.25, -0.2) is 0 Å². The molecule has 0 N–H and O–H groups in total. The average molecular weight is 219 g/mol. The van der Waals surface area contributed by atoms with Gasteiger partial charge in [0.25, 0.3) is 0 Å². The molecule has 0 radical (unpaired) electrons. The maximum absolute atomic E-state index is 8.56. The number of nitriles is 1. The van der Waals surface area contributed by atoms with Crippen LogP contribution in [0.25, 0.3) is 0 Å². The molecule has 0 bridgehead atoms. The van der Waals surface area contributed by atoms with E-state index < -0.39 is 0 Å². The second-order valence-corrected chi connectivity index (χ2v) is 3.57. The van der Waals surface area contributed by atoms with Gasteiger partial charge in [-0.2, -0.15) is 5.26 Å². The first kappa shape index (κ1) is 14.7. The van der Waals surface area contributed by atoms with Crippen molar-refractivity contribution in [2.24, 2.45) is 0 Å². The third-order valence-electron chi connectivity index (χ3n) is 1.70. The molecule has 2 heteroatoms. The van der Waals surface area contributed by atoms with E-state index in [-0.39, 0.29) is 0 Å². The Hall–Kier alpha value is -1.33. The zero-order valence-electron chi connectivity index (χ0n) is 10.5. The first-order valence-corrected chi connectivity index (χ1v) is 5.85. The number of rotatable bonds is 4. The minimum Gasteiger partial charge on any atom is -0.377 e. The van der Waals surface area contributed by atoms with Crippen molar-refractivity contribution in [2.75, 3.05) is 6.61 Å². The van der Waals surface area contributed by atoms with Gasteiger partial charge in [-0.05, 0) is 24.1 Å². The van der Waals surface area contributed by atoms with Crippen molar-refractivity contribution in [2.45, 2.75) is 40.2 Å². The van der Waals surface area contributed by atoms with Crippen LogP contribution >= 0.6 is 0 Å². The normalized spacial score (nSPS) is 8.88. The molecule has 0 aromatic heterocycles. The summed E-state index contributed by atoms with van der Waals surface area (Å²) in [4.78, 5) is 0. The van der Waals surface area contributed by atoms with Gasteiger partial charge < -0.3 is 4.74 Å². The number of ether oxygens (including phenoxy) is 1. The molecule has 0 saturated heterocycles. The number of benzene rings is 1. The maximum Gasteiger partial charge on any atom is 0.0991 e. The molecule has 0 heterocycles. The van der Waals surface area contributed by atoms with Crippen LogP contribution in [0.5, 0.6) is 0 Å². The molecule has 88 valence electrons. The molecule has 1 aromatic rings. The fourth-order valence-electron chi connectivity index (χ4n) is 1.01. The Balaban J connectivity index is 0.000000673. The standard InChI is InChI=1S/C11H13NO.C3H8/c1-2-7-13-9-11-5-3-10(8-12)4-6-11;1-3-2/h3-6H,2,7,9H2,1H3;3H2,1-2H3. The predicted octanol–water partition coefficient (Wildman–Crippen LogP) is 3.90. The summed E-state index contributed by atoms with van der Waals surface area (Å²) in [6, 6.07) is 9.55. The maximum atomic E-state index is 8.56. The Morgan fingerprint density at radius 1 is 1.12 bits per heavy atom. The summed E-state index contributed by atoms with van der Waals surface area (Å²) in [5, 5.41) is 8.56. The highest BCUT2D eigenvalue weighted by Crippen LogP contribution is 2.04. The van der Waals surface area contributed by atoms with Crippen LogP contribution in [-0.4, -0.2) is 6.61 Å². The zero-order chi connectivity index (χ0) is 12.2. The minimum absolute atomic E-state index is 0.638. The van der Waals surface area contributed by atoms with E-state index in [0.717, 1.165) is 18.6 Å². The van der Waals surface area contributed by atoms with Gasteiger partial charge in [0.15, 0.2) is 0 Å². The molecule has 2 nitrogen and oxygen atoms in total. The summed E-state index contributed by atoms with van der Waals surface area (Å²) >= 11 is 0. The van der Waals surface area contributed by atoms with Crippen molar-refractivity contribution in [3.63, 3.8) is 0 Å². The monoisotopic (exact) mass is 219 g/mol. The van der Waals surface area contributed by atoms with Crippen LogP contribution in [0, 0.1) is 11.3 Å². The van der Waals surface area contributed by atoms with Gasteiger partial charge >= 0.3 is 0 Å². The molecule has 0 amide bonds. The van der Waals surface area contributed by atoms with E-state index in [1.54, 1.807) is 0 Å². The molecule has 0 fully saturated rings. The van der Waals surface area contributed by atoms with Crippen LogP contribution < -0.4 is 0 Å². The molecule has 0 saturated carbocycles. The average Bonchev–Trinajstić information content (AvgIpc) is 2.31. The highest BCUT2D eigenvalue weighted by Gasteiger charge is 1.93. The van der Waals surface area contributed by atoms with Gasteiger partial charge in [0.2, 0.25) is 0 Å². The molecule has 1 aromatic carbocycles. The van der Waals surface area contributed by atoms with Crippen LogP contribution in [0.15, 0.2) is 24.3 Å². The van der Waals surface area contributed by atoms with E-state index in [1.165, 1.54) is 6.42 Å². The van der Waals surface area contributed by atoms with Crippen LogP contribution in [0.1, 0.15) is 44.7 Å². The van der Waals surface area contributed by atoms with Crippen LogP contribution in [-0.2, 0) is 11.3 Å². The van der Waals surface area contributed by atoms with Crippen LogP contribution in [0.3, 0.4) is 0 Å². The third-order valence-corrected chi connectivity index (χ3v) is 1.70. The van der Waals surface area contributed by atoms with Crippen LogP contribution in [0.4, 0.5) is 0 Å². The molecular weight excluding hydrogens is 198 g/mol. The molecule has 0 aliphatic carbocycles. The lowest BCUT2D eigenvalue weighted by molar-refractivity contribution is 0.121. The largest absolute Gasteiger partial charge is 0.377 e. The highest BCUT2D eigenvalue weighted by atomic mass is 16.5. The Kier molecular flexibility index (Phi) is 9.35. The first-order valence-electron chi connectivity index (χ1n) is 5.85. The summed E-state index contributed by atoms with van der Waals surface area (Å²) in [6.07, 6.45) is 2.29. The lowest BCUT2D eigenvalue weighted by atomic mass is 10.2. The first-order chi connectivity index (χ1) is 7.78. The molecule has 0 spiro atoms. The van der Waals surface area contributed by atoms with Crippen molar-refractivity contribution in [1.29, 1.82) is 5.26 Å². The van der Waals surface area contributed by atoms with E-state index in [0.29, 0.717) is 12.2 Å². The summed E-state index contributed by atoms with van der Waals surface area (Å²) < 4.78 is 5.36. The summed E-state index contributed by atoms with van der Waals surface area (Å²) in [5.74, 6) is 0. The van der Waals surface area contributed by atoms with E-state index in [2.05, 4.69) is 26.8 Å². The number of hydrogen-bond acceptors (Lipinski definition) is 2. The van der Waals surface area contributed by atoms with Crippen molar-refractivity contribution >= 4 is 0 Å². The van der Waals surface area contributed by atoms with Crippen LogP contribution in [0.2, 0.25) is 0 Å². The zero-order valence-corrected chi connectivity index (χ0v) is 10.5. The van der Waals surface area contributed by atoms with E-state index in [9.17, 15) is 0 Å². The Morgan fingerprint density at radius 2 is 1.69 bits per heavy atom. The topological polar surface area (TPSA) is 33.0 Å². The minimum atomic E-state index is 0.638. The van der Waals surface area contributed by atoms with Crippen molar-refractivity contribution in [3.05, 3.63) is 35.4 Å². The highest BCUT2D eigenvalue weighted by molar-refractivity contribution is 5.31. The van der Waals surface area contributed by atoms with Gasteiger partial charge in [-0.3, -0.25) is 0 Å². The van der Waals surface area contributed by atoms with Gasteiger partial charge in [0.05, 0.1) is 18.2 Å². The van der Waals surface area contributed by atoms with E-state index in [1.807, 2.05) is 24.3 Å². The molecule has 0 aliphatic heterocycles. The van der Waals surface area contributed by atoms with Gasteiger partial charge in [0, 0.05) is 6.61 Å². The lowest BCUT2D eigenvalue weighted by Crippen LogP contribution is -1.93. The Labute approximate surface area is 98.9 Å². The predicted molar refractivity (Wildman–Crippen MR) is 67.1 cm³/mol. The lowest BCUT2D eigenvalue weighted by Gasteiger charge is -2.01. The second-order valence-electron chi connectivity index (χ2n) is 3.57. The van der Waals surface area contributed by atoms with Crippen molar-refractivity contribution in [1.82, 2.24) is 0 Å². The molecule has 0 unspecified atom stereocenters. The molecule has 0 atom stereocenters. The SMILES string of the molecule is CCC.CCCOCc1ccc(C#N)cc1. The van der Waals surface area contributed by atoms with Gasteiger partial charge in [-0.15, -0.1) is 0 Å². The Morgan fingerprint density at radius 3 is 2.12 bits per heavy atom. The summed E-state index contributed by atoms with van der Waals surface area (Å²) in [7, 11) is 0. The quantitative estimate of drug-likeness (QED) is 0.719. The Bertz CT molecular complexity index is 298. The second kappa shape index (κ2) is 10.2. The van der Waals surface area contributed by atoms with Gasteiger partial charge in [-0.1, -0.05) is 39.3 Å². The van der Waals surface area contributed by atoms with Gasteiger partial charge in [0.1, 0.15) is 0 Å². The fourth-order valence-corrected chi connectivity index (χ4v) is 1.01. The van der Waals surface area contributed by atoms with Crippen molar-refractivity contribution < 1.29 is 4.74 Å². The van der Waals surface area contributed by atoms with Crippen molar-refractivity contribution in [3.8, 4) is 6.07 Å². The fraction of sp³-hybridized carbons (Fsp3) is 0.500. The number of nitrogens with zero attached hydrogens (tertiary/aromatic N) is 1. The molecular formula is C14H21NO. The molecule has 1 rings (SSSR count). The van der Waals surface area contributed by atoms with E-state index in [4.69, 9.17) is 10.00 Å². The number of hydrogen-bond donors (Lipinski definition) is 0. The summed E-state index contributed by atoms with van der Waals surface area (Å²) in [6.45, 7) is 7.76. The third kappa shape index (κ3) is 7.03.